The van der Waals surface area contributed by atoms with Gasteiger partial charge in [0.05, 0.1) is 24.1 Å². The van der Waals surface area contributed by atoms with Gasteiger partial charge < -0.3 is 10.1 Å². The number of ether oxygens (including phenoxy) is 1. The lowest BCUT2D eigenvalue weighted by Crippen LogP contribution is -2.30. The maximum Gasteiger partial charge on any atom is 0.270 e. The summed E-state index contributed by atoms with van der Waals surface area (Å²) in [5.74, 6) is 0.909. The van der Waals surface area contributed by atoms with Gasteiger partial charge in [0, 0.05) is 24.6 Å². The molecule has 1 N–H and O–H groups in total. The maximum atomic E-state index is 12.4. The van der Waals surface area contributed by atoms with Gasteiger partial charge in [0.1, 0.15) is 10.7 Å². The van der Waals surface area contributed by atoms with Crippen LogP contribution in [-0.2, 0) is 6.54 Å². The van der Waals surface area contributed by atoms with Crippen LogP contribution in [0.1, 0.15) is 42.7 Å². The van der Waals surface area contributed by atoms with Crippen LogP contribution >= 0.6 is 11.6 Å². The number of carbonyl (C=O) groups is 1. The number of fused-ring (bicyclic) bond motifs is 1. The summed E-state index contributed by atoms with van der Waals surface area (Å²) in [6, 6.07) is 3.67. The molecule has 7 nitrogen and oxygen atoms in total. The first-order valence-corrected chi connectivity index (χ1v) is 9.77. The molecule has 0 radical (unpaired) electrons. The Kier molecular flexibility index (Phi) is 5.17. The molecule has 28 heavy (non-hydrogen) atoms. The maximum absolute atomic E-state index is 12.4. The second kappa shape index (κ2) is 7.75. The van der Waals surface area contributed by atoms with Crippen LogP contribution in [0.3, 0.4) is 0 Å². The molecule has 0 saturated heterocycles. The molecule has 0 aliphatic heterocycles. The van der Waals surface area contributed by atoms with E-state index in [4.69, 9.17) is 16.3 Å². The zero-order chi connectivity index (χ0) is 19.7. The van der Waals surface area contributed by atoms with Gasteiger partial charge in [-0.1, -0.05) is 11.6 Å². The highest BCUT2D eigenvalue weighted by Crippen LogP contribution is 2.31. The van der Waals surface area contributed by atoms with Crippen LogP contribution in [0, 0.1) is 5.92 Å². The van der Waals surface area contributed by atoms with E-state index in [-0.39, 0.29) is 11.9 Å². The van der Waals surface area contributed by atoms with Crippen LogP contribution in [0.2, 0.25) is 5.02 Å². The van der Waals surface area contributed by atoms with Crippen molar-refractivity contribution < 1.29 is 9.53 Å². The van der Waals surface area contributed by atoms with Crippen LogP contribution in [-0.4, -0.2) is 38.3 Å². The first-order valence-electron chi connectivity index (χ1n) is 9.40. The van der Waals surface area contributed by atoms with E-state index in [1.807, 2.05) is 26.1 Å². The first-order chi connectivity index (χ1) is 13.5. The molecule has 4 rings (SSSR count). The molecule has 1 aliphatic rings. The second-order valence-electron chi connectivity index (χ2n) is 7.43. The third-order valence-electron chi connectivity index (χ3n) is 4.48. The molecule has 0 atom stereocenters. The molecule has 1 fully saturated rings. The van der Waals surface area contributed by atoms with Crippen molar-refractivity contribution in [2.24, 2.45) is 5.92 Å². The van der Waals surface area contributed by atoms with Crippen LogP contribution in [0.15, 0.2) is 30.7 Å². The van der Waals surface area contributed by atoms with E-state index in [1.165, 1.54) is 12.8 Å². The zero-order valence-corrected chi connectivity index (χ0v) is 16.6. The van der Waals surface area contributed by atoms with Crippen molar-refractivity contribution in [3.8, 4) is 5.88 Å². The zero-order valence-electron chi connectivity index (χ0n) is 15.9. The summed E-state index contributed by atoms with van der Waals surface area (Å²) in [5.41, 5.74) is 1.99. The van der Waals surface area contributed by atoms with E-state index in [1.54, 1.807) is 23.1 Å². The average Bonchev–Trinajstić information content (AvgIpc) is 3.37. The van der Waals surface area contributed by atoms with Gasteiger partial charge in [0.15, 0.2) is 0 Å². The molecule has 1 amide bonds. The van der Waals surface area contributed by atoms with Gasteiger partial charge in [-0.25, -0.2) is 4.98 Å². The van der Waals surface area contributed by atoms with E-state index in [0.717, 1.165) is 5.56 Å². The molecule has 0 aromatic carbocycles. The molecule has 146 valence electrons. The summed E-state index contributed by atoms with van der Waals surface area (Å²) in [6.45, 7) is 4.98. The summed E-state index contributed by atoms with van der Waals surface area (Å²) >= 11 is 6.31. The number of hydrogen-bond acceptors (Lipinski definition) is 5. The number of aromatic nitrogens is 4. The lowest BCUT2D eigenvalue weighted by atomic mass is 10.2. The van der Waals surface area contributed by atoms with E-state index < -0.39 is 0 Å². The predicted octanol–water partition coefficient (Wildman–Crippen LogP) is 3.46. The lowest BCUT2D eigenvalue weighted by molar-refractivity contribution is 0.0940. The quantitative estimate of drug-likeness (QED) is 0.658. The smallest absolute Gasteiger partial charge is 0.270 e. The fraction of sp³-hybridized carbons (Fsp3) is 0.400. The first kappa shape index (κ1) is 18.7. The molecule has 0 unspecified atom stereocenters. The van der Waals surface area contributed by atoms with Gasteiger partial charge in [-0.2, -0.15) is 5.10 Å². The Bertz CT molecular complexity index is 1010. The Morgan fingerprint density at radius 2 is 2.21 bits per heavy atom. The van der Waals surface area contributed by atoms with Crippen molar-refractivity contribution in [2.45, 2.75) is 39.3 Å². The number of hydrogen-bond donors (Lipinski definition) is 1. The summed E-state index contributed by atoms with van der Waals surface area (Å²) in [5, 5.41) is 8.62. The van der Waals surface area contributed by atoms with Crippen LogP contribution < -0.4 is 10.1 Å². The summed E-state index contributed by atoms with van der Waals surface area (Å²) < 4.78 is 7.43. The van der Waals surface area contributed by atoms with Crippen molar-refractivity contribution in [3.05, 3.63) is 47.0 Å². The monoisotopic (exact) mass is 399 g/mol. The average molecular weight is 400 g/mol. The second-order valence-corrected chi connectivity index (χ2v) is 7.84. The van der Waals surface area contributed by atoms with Gasteiger partial charge >= 0.3 is 0 Å². The number of nitrogens with zero attached hydrogens (tertiary/aromatic N) is 4. The third kappa shape index (κ3) is 4.25. The Balaban J connectivity index is 1.53. The summed E-state index contributed by atoms with van der Waals surface area (Å²) in [6.07, 6.45) is 7.59. The van der Waals surface area contributed by atoms with Crippen molar-refractivity contribution >= 4 is 28.4 Å². The van der Waals surface area contributed by atoms with Crippen molar-refractivity contribution in [1.29, 1.82) is 0 Å². The van der Waals surface area contributed by atoms with Crippen molar-refractivity contribution in [1.82, 2.24) is 25.1 Å². The number of nitrogens with one attached hydrogen (secondary N) is 1. The molecular formula is C20H22ClN5O2. The molecule has 1 saturated carbocycles. The minimum Gasteiger partial charge on any atom is -0.476 e. The topological polar surface area (TPSA) is 81.9 Å². The fourth-order valence-corrected chi connectivity index (χ4v) is 3.16. The standard InChI is InChI=1S/C20H22ClN5O2/c1-12(2)24-19(27)18-15-10-26(25-17(15)5-6-22-18)9-14-7-16(21)20(23-8-14)28-11-13-3-4-13/h5-8,10,12-13H,3-4,9,11H2,1-2H3,(H,24,27). The highest BCUT2D eigenvalue weighted by Gasteiger charge is 2.22. The van der Waals surface area contributed by atoms with E-state index >= 15 is 0 Å². The van der Waals surface area contributed by atoms with Gasteiger partial charge in [0.2, 0.25) is 5.88 Å². The summed E-state index contributed by atoms with van der Waals surface area (Å²) in [4.78, 5) is 20.9. The number of rotatable bonds is 7. The highest BCUT2D eigenvalue weighted by molar-refractivity contribution is 6.31. The van der Waals surface area contributed by atoms with Crippen LogP contribution in [0.4, 0.5) is 0 Å². The number of pyridine rings is 2. The highest BCUT2D eigenvalue weighted by atomic mass is 35.5. The van der Waals surface area contributed by atoms with Crippen LogP contribution in [0.25, 0.3) is 10.9 Å². The third-order valence-corrected chi connectivity index (χ3v) is 4.75. The Morgan fingerprint density at radius 1 is 1.39 bits per heavy atom. The Labute approximate surface area is 168 Å². The molecule has 0 spiro atoms. The van der Waals surface area contributed by atoms with Crippen molar-refractivity contribution in [3.63, 3.8) is 0 Å². The molecule has 3 aromatic heterocycles. The van der Waals surface area contributed by atoms with E-state index in [2.05, 4.69) is 20.4 Å². The van der Waals surface area contributed by atoms with E-state index in [9.17, 15) is 4.79 Å². The van der Waals surface area contributed by atoms with Gasteiger partial charge in [-0.3, -0.25) is 14.5 Å². The van der Waals surface area contributed by atoms with Gasteiger partial charge in [-0.05, 0) is 50.3 Å². The Morgan fingerprint density at radius 3 is 2.93 bits per heavy atom. The fourth-order valence-electron chi connectivity index (χ4n) is 2.91. The minimum absolute atomic E-state index is 0.0356. The predicted molar refractivity (Wildman–Crippen MR) is 107 cm³/mol. The summed E-state index contributed by atoms with van der Waals surface area (Å²) in [7, 11) is 0. The molecule has 3 heterocycles. The molecule has 8 heteroatoms. The molecule has 1 aliphatic carbocycles. The Hall–Kier alpha value is -2.67. The molecule has 3 aromatic rings. The van der Waals surface area contributed by atoms with Gasteiger partial charge in [-0.15, -0.1) is 0 Å². The number of amides is 1. The largest absolute Gasteiger partial charge is 0.476 e. The normalized spacial score (nSPS) is 13.9. The van der Waals surface area contributed by atoms with Crippen LogP contribution in [0.5, 0.6) is 5.88 Å². The minimum atomic E-state index is -0.206. The van der Waals surface area contributed by atoms with Crippen molar-refractivity contribution in [2.75, 3.05) is 6.61 Å². The number of halogens is 1. The molecule has 0 bridgehead atoms. The SMILES string of the molecule is CC(C)NC(=O)c1nccc2nn(Cc3cnc(OCC4CC4)c(Cl)c3)cc12. The number of carbonyl (C=O) groups excluding carboxylic acids is 1. The lowest BCUT2D eigenvalue weighted by Gasteiger charge is -2.08. The molecular weight excluding hydrogens is 378 g/mol. The van der Waals surface area contributed by atoms with Gasteiger partial charge in [0.25, 0.3) is 5.91 Å². The van der Waals surface area contributed by atoms with E-state index in [0.29, 0.717) is 46.6 Å².